The molecule has 1 aliphatic rings. The van der Waals surface area contributed by atoms with Crippen LogP contribution in [0.25, 0.3) is 0 Å². The second-order valence-corrected chi connectivity index (χ2v) is 6.56. The zero-order chi connectivity index (χ0) is 18.0. The molecule has 25 heavy (non-hydrogen) atoms. The highest BCUT2D eigenvalue weighted by Crippen LogP contribution is 2.32. The van der Waals surface area contributed by atoms with Crippen molar-refractivity contribution in [3.63, 3.8) is 0 Å². The van der Waals surface area contributed by atoms with Gasteiger partial charge in [-0.1, -0.05) is 0 Å². The van der Waals surface area contributed by atoms with Gasteiger partial charge in [0.15, 0.2) is 0 Å². The van der Waals surface area contributed by atoms with Crippen LogP contribution in [0, 0.1) is 6.92 Å². The molecule has 1 fully saturated rings. The van der Waals surface area contributed by atoms with Gasteiger partial charge in [-0.25, -0.2) is 9.67 Å². The van der Waals surface area contributed by atoms with Gasteiger partial charge in [-0.2, -0.15) is 5.10 Å². The van der Waals surface area contributed by atoms with Crippen molar-refractivity contribution in [2.24, 2.45) is 0 Å². The number of amides is 1. The maximum absolute atomic E-state index is 12.8. The Hall–Kier alpha value is -2.70. The standard InChI is InChI=1S/C18H23N5O2/c1-13-6-7-17(24)23(20-13)12-18(25)22-10-4-5-15(22)14-8-9-19-16(11-14)21(2)3/h6-9,11,15H,4-5,10,12H2,1-3H3/t15-/m1/s1. The van der Waals surface area contributed by atoms with Crippen molar-refractivity contribution in [1.29, 1.82) is 0 Å². The maximum atomic E-state index is 12.8. The lowest BCUT2D eigenvalue weighted by Gasteiger charge is -2.26. The van der Waals surface area contributed by atoms with E-state index in [4.69, 9.17) is 0 Å². The van der Waals surface area contributed by atoms with Gasteiger partial charge in [-0.15, -0.1) is 0 Å². The fraction of sp³-hybridized carbons (Fsp3) is 0.444. The molecule has 132 valence electrons. The lowest BCUT2D eigenvalue weighted by Crippen LogP contribution is -2.37. The van der Waals surface area contributed by atoms with Crippen LogP contribution in [0.1, 0.15) is 30.1 Å². The van der Waals surface area contributed by atoms with Gasteiger partial charge < -0.3 is 9.80 Å². The van der Waals surface area contributed by atoms with Crippen LogP contribution in [-0.4, -0.2) is 46.2 Å². The minimum absolute atomic E-state index is 0.0229. The number of likely N-dealkylation sites (tertiary alicyclic amines) is 1. The van der Waals surface area contributed by atoms with Crippen LogP contribution < -0.4 is 10.5 Å². The molecule has 0 radical (unpaired) electrons. The van der Waals surface area contributed by atoms with Gasteiger partial charge >= 0.3 is 0 Å². The number of aryl methyl sites for hydroxylation is 1. The Kier molecular flexibility index (Phi) is 4.83. The minimum Gasteiger partial charge on any atom is -0.363 e. The largest absolute Gasteiger partial charge is 0.363 e. The number of pyridine rings is 1. The third kappa shape index (κ3) is 3.70. The molecule has 0 spiro atoms. The Labute approximate surface area is 146 Å². The van der Waals surface area contributed by atoms with Gasteiger partial charge in [0.2, 0.25) is 5.91 Å². The van der Waals surface area contributed by atoms with E-state index in [1.54, 1.807) is 19.2 Å². The van der Waals surface area contributed by atoms with Crippen LogP contribution in [0.5, 0.6) is 0 Å². The van der Waals surface area contributed by atoms with Crippen molar-refractivity contribution in [3.8, 4) is 0 Å². The molecule has 0 bridgehead atoms. The summed E-state index contributed by atoms with van der Waals surface area (Å²) in [4.78, 5) is 32.8. The quantitative estimate of drug-likeness (QED) is 0.840. The van der Waals surface area contributed by atoms with Gasteiger partial charge in [0.25, 0.3) is 5.56 Å². The number of hydrogen-bond acceptors (Lipinski definition) is 5. The highest BCUT2D eigenvalue weighted by Gasteiger charge is 2.30. The molecule has 1 amide bonds. The Morgan fingerprint density at radius 1 is 1.32 bits per heavy atom. The van der Waals surface area contributed by atoms with E-state index in [0.717, 1.165) is 29.9 Å². The third-order valence-electron chi connectivity index (χ3n) is 4.47. The van der Waals surface area contributed by atoms with Gasteiger partial charge in [0.1, 0.15) is 12.4 Å². The molecule has 3 heterocycles. The minimum atomic E-state index is -0.256. The average Bonchev–Trinajstić information content (AvgIpc) is 3.08. The molecule has 0 aliphatic carbocycles. The molecule has 2 aromatic rings. The number of carbonyl (C=O) groups is 1. The van der Waals surface area contributed by atoms with Crippen molar-refractivity contribution in [3.05, 3.63) is 52.1 Å². The Morgan fingerprint density at radius 2 is 2.12 bits per heavy atom. The van der Waals surface area contributed by atoms with Crippen molar-refractivity contribution in [1.82, 2.24) is 19.7 Å². The molecule has 0 aromatic carbocycles. The zero-order valence-electron chi connectivity index (χ0n) is 14.8. The molecule has 1 aliphatic heterocycles. The first kappa shape index (κ1) is 17.1. The maximum Gasteiger partial charge on any atom is 0.267 e. The smallest absolute Gasteiger partial charge is 0.267 e. The highest BCUT2D eigenvalue weighted by atomic mass is 16.2. The molecule has 0 saturated carbocycles. The number of carbonyl (C=O) groups excluding carboxylic acids is 1. The zero-order valence-corrected chi connectivity index (χ0v) is 14.8. The van der Waals surface area contributed by atoms with Crippen LogP contribution in [0.15, 0.2) is 35.3 Å². The first-order valence-corrected chi connectivity index (χ1v) is 8.43. The van der Waals surface area contributed by atoms with Crippen LogP contribution in [0.4, 0.5) is 5.82 Å². The summed E-state index contributed by atoms with van der Waals surface area (Å²) in [6.45, 7) is 2.48. The van der Waals surface area contributed by atoms with E-state index in [1.807, 2.05) is 36.0 Å². The molecule has 0 unspecified atom stereocenters. The van der Waals surface area contributed by atoms with Crippen molar-refractivity contribution < 1.29 is 4.79 Å². The van der Waals surface area contributed by atoms with Crippen LogP contribution in [0.2, 0.25) is 0 Å². The van der Waals surface area contributed by atoms with E-state index < -0.39 is 0 Å². The van der Waals surface area contributed by atoms with Gasteiger partial charge in [0.05, 0.1) is 11.7 Å². The first-order chi connectivity index (χ1) is 12.0. The second-order valence-electron chi connectivity index (χ2n) is 6.56. The summed E-state index contributed by atoms with van der Waals surface area (Å²) >= 11 is 0. The number of rotatable bonds is 4. The first-order valence-electron chi connectivity index (χ1n) is 8.43. The Morgan fingerprint density at radius 3 is 2.88 bits per heavy atom. The molecule has 7 heteroatoms. The van der Waals surface area contributed by atoms with Gasteiger partial charge in [-0.3, -0.25) is 9.59 Å². The second kappa shape index (κ2) is 7.04. The molecule has 1 atom stereocenters. The summed E-state index contributed by atoms with van der Waals surface area (Å²) in [6, 6.07) is 7.10. The number of hydrogen-bond donors (Lipinski definition) is 0. The van der Waals surface area contributed by atoms with Crippen molar-refractivity contribution in [2.45, 2.75) is 32.4 Å². The van der Waals surface area contributed by atoms with E-state index in [2.05, 4.69) is 10.1 Å². The lowest BCUT2D eigenvalue weighted by atomic mass is 10.1. The number of aromatic nitrogens is 3. The van der Waals surface area contributed by atoms with Crippen LogP contribution in [-0.2, 0) is 11.3 Å². The molecule has 1 saturated heterocycles. The van der Waals surface area contributed by atoms with Crippen LogP contribution >= 0.6 is 0 Å². The normalized spacial score (nSPS) is 16.9. The Balaban J connectivity index is 1.81. The fourth-order valence-corrected chi connectivity index (χ4v) is 3.18. The number of anilines is 1. The van der Waals surface area contributed by atoms with E-state index in [-0.39, 0.29) is 24.1 Å². The summed E-state index contributed by atoms with van der Waals surface area (Å²) in [5, 5.41) is 4.16. The van der Waals surface area contributed by atoms with Gasteiger partial charge in [-0.05, 0) is 43.5 Å². The van der Waals surface area contributed by atoms with Gasteiger partial charge in [0, 0.05) is 32.9 Å². The van der Waals surface area contributed by atoms with Crippen LogP contribution in [0.3, 0.4) is 0 Å². The lowest BCUT2D eigenvalue weighted by molar-refractivity contribution is -0.133. The van der Waals surface area contributed by atoms with E-state index >= 15 is 0 Å². The molecule has 2 aromatic heterocycles. The monoisotopic (exact) mass is 341 g/mol. The summed E-state index contributed by atoms with van der Waals surface area (Å²) in [6.07, 6.45) is 3.64. The fourth-order valence-electron chi connectivity index (χ4n) is 3.18. The summed E-state index contributed by atoms with van der Waals surface area (Å²) in [7, 11) is 3.89. The molecular formula is C18H23N5O2. The highest BCUT2D eigenvalue weighted by molar-refractivity contribution is 5.76. The predicted octanol–water partition coefficient (Wildman–Crippen LogP) is 1.38. The van der Waals surface area contributed by atoms with Crippen molar-refractivity contribution >= 4 is 11.7 Å². The Bertz CT molecular complexity index is 830. The van der Waals surface area contributed by atoms with E-state index in [9.17, 15) is 9.59 Å². The third-order valence-corrected chi connectivity index (χ3v) is 4.47. The topological polar surface area (TPSA) is 71.3 Å². The summed E-state index contributed by atoms with van der Waals surface area (Å²) in [5.41, 5.74) is 1.54. The molecule has 7 nitrogen and oxygen atoms in total. The van der Waals surface area contributed by atoms with E-state index in [0.29, 0.717) is 6.54 Å². The van der Waals surface area contributed by atoms with E-state index in [1.165, 1.54) is 10.7 Å². The SMILES string of the molecule is Cc1ccc(=O)n(CC(=O)N2CCC[C@@H]2c2ccnc(N(C)C)c2)n1. The molecule has 0 N–H and O–H groups in total. The van der Waals surface area contributed by atoms with Crippen molar-refractivity contribution in [2.75, 3.05) is 25.5 Å². The number of nitrogens with zero attached hydrogens (tertiary/aromatic N) is 5. The summed E-state index contributed by atoms with van der Waals surface area (Å²) < 4.78 is 1.24. The molecular weight excluding hydrogens is 318 g/mol. The summed E-state index contributed by atoms with van der Waals surface area (Å²) in [5.74, 6) is 0.791. The predicted molar refractivity (Wildman–Crippen MR) is 95.5 cm³/mol. The molecule has 3 rings (SSSR count). The average molecular weight is 341 g/mol.